The molecule has 0 saturated heterocycles. The Balaban J connectivity index is 0. The maximum Gasteiger partial charge on any atom is 1.00 e. The number of primary sulfonamides is 1. The van der Waals surface area contributed by atoms with Crippen LogP contribution in [0.4, 0.5) is 5.69 Å². The summed E-state index contributed by atoms with van der Waals surface area (Å²) < 4.78 is 21.4. The topological polar surface area (TPSA) is 126 Å². The summed E-state index contributed by atoms with van der Waals surface area (Å²) in [6.07, 6.45) is 0. The molecular formula is C8H11N2NaO4S. The first-order valence-electron chi connectivity index (χ1n) is 3.79. The van der Waals surface area contributed by atoms with E-state index in [1.807, 2.05) is 0 Å². The number of hydrogen-bond donors (Lipinski definition) is 2. The molecule has 0 aromatic heterocycles. The number of anilines is 1. The fraction of sp³-hybridized carbons (Fsp3) is 0.125. The van der Waals surface area contributed by atoms with Crippen molar-refractivity contribution >= 4 is 21.7 Å². The first kappa shape index (κ1) is 17.8. The second kappa shape index (κ2) is 7.64. The fourth-order valence-electron chi connectivity index (χ4n) is 0.658. The van der Waals surface area contributed by atoms with Crippen molar-refractivity contribution in [3.8, 4) is 0 Å². The van der Waals surface area contributed by atoms with Crippen molar-refractivity contribution < 1.29 is 47.9 Å². The number of sulfonamides is 1. The Kier molecular flexibility index (Phi) is 8.49. The molecule has 4 N–H and O–H groups in total. The fourth-order valence-corrected chi connectivity index (χ4v) is 1.17. The largest absolute Gasteiger partial charge is 1.00 e. The third-order valence-corrected chi connectivity index (χ3v) is 2.14. The van der Waals surface area contributed by atoms with E-state index < -0.39 is 16.0 Å². The summed E-state index contributed by atoms with van der Waals surface area (Å²) >= 11 is 0. The molecule has 1 rings (SSSR count). The van der Waals surface area contributed by atoms with Crippen LogP contribution in [0, 0.1) is 0 Å². The Labute approximate surface area is 116 Å². The van der Waals surface area contributed by atoms with Gasteiger partial charge in [0.25, 0.3) is 0 Å². The van der Waals surface area contributed by atoms with Gasteiger partial charge < -0.3 is 15.6 Å². The summed E-state index contributed by atoms with van der Waals surface area (Å²) in [6, 6.07) is 5.70. The average Bonchev–Trinajstić information content (AvgIpc) is 2.01. The number of rotatable bonds is 1. The third-order valence-electron chi connectivity index (χ3n) is 1.21. The summed E-state index contributed by atoms with van der Waals surface area (Å²) in [5, 5.41) is 13.7. The first-order chi connectivity index (χ1) is 6.73. The van der Waals surface area contributed by atoms with Crippen LogP contribution in [0.15, 0.2) is 29.2 Å². The number of carboxylic acid groups (broad SMARTS) is 1. The van der Waals surface area contributed by atoms with Crippen LogP contribution in [0.1, 0.15) is 6.92 Å². The molecule has 16 heavy (non-hydrogen) atoms. The van der Waals surface area contributed by atoms with E-state index in [0.29, 0.717) is 5.69 Å². The van der Waals surface area contributed by atoms with Gasteiger partial charge >= 0.3 is 29.6 Å². The Morgan fingerprint density at radius 2 is 1.56 bits per heavy atom. The molecule has 0 heterocycles. The van der Waals surface area contributed by atoms with Crippen molar-refractivity contribution in [1.29, 1.82) is 0 Å². The van der Waals surface area contributed by atoms with E-state index in [1.54, 1.807) is 0 Å². The molecule has 0 aliphatic heterocycles. The molecule has 0 spiro atoms. The second-order valence-corrected chi connectivity index (χ2v) is 4.17. The van der Waals surface area contributed by atoms with Crippen LogP contribution in [0.25, 0.3) is 0 Å². The zero-order valence-corrected chi connectivity index (χ0v) is 11.8. The number of nitrogen functional groups attached to an aromatic ring is 1. The second-order valence-electron chi connectivity index (χ2n) is 2.61. The molecule has 8 heteroatoms. The number of carbonyl (C=O) groups is 1. The van der Waals surface area contributed by atoms with Crippen molar-refractivity contribution in [3.05, 3.63) is 24.3 Å². The Hall–Kier alpha value is -0.600. The van der Waals surface area contributed by atoms with E-state index in [4.69, 9.17) is 20.8 Å². The van der Waals surface area contributed by atoms with Crippen LogP contribution in [-0.4, -0.2) is 14.4 Å². The molecule has 0 unspecified atom stereocenters. The van der Waals surface area contributed by atoms with Gasteiger partial charge in [-0.1, -0.05) is 0 Å². The standard InChI is InChI=1S/C6H8N2O2S.C2H4O2.Na/c7-5-1-3-6(4-2-5)11(8,9)10;1-2(3)4;/h1-4H,7H2,(H2,8,9,10);1H3,(H,3,4);/q;;+1/p-1. The van der Waals surface area contributed by atoms with Crippen molar-refractivity contribution in [2.24, 2.45) is 5.14 Å². The van der Waals surface area contributed by atoms with Crippen LogP contribution in [0.5, 0.6) is 0 Å². The van der Waals surface area contributed by atoms with E-state index in [2.05, 4.69) is 0 Å². The predicted molar refractivity (Wildman–Crippen MR) is 52.9 cm³/mol. The molecule has 0 amide bonds. The third kappa shape index (κ3) is 8.69. The minimum Gasteiger partial charge on any atom is -0.550 e. The molecule has 0 saturated carbocycles. The van der Waals surface area contributed by atoms with Gasteiger partial charge in [-0.15, -0.1) is 0 Å². The zero-order valence-electron chi connectivity index (χ0n) is 9.01. The van der Waals surface area contributed by atoms with Gasteiger partial charge in [0.2, 0.25) is 10.0 Å². The number of carboxylic acids is 1. The van der Waals surface area contributed by atoms with Gasteiger partial charge in [0, 0.05) is 11.7 Å². The molecule has 0 bridgehead atoms. The minimum absolute atomic E-state index is 0. The summed E-state index contributed by atoms with van der Waals surface area (Å²) in [5.74, 6) is -1.08. The summed E-state index contributed by atoms with van der Waals surface area (Å²) in [6.45, 7) is 0.972. The molecule has 0 fully saturated rings. The van der Waals surface area contributed by atoms with Crippen LogP contribution < -0.4 is 45.5 Å². The zero-order chi connectivity index (χ0) is 12.1. The normalized spacial score (nSPS) is 9.38. The number of carbonyl (C=O) groups excluding carboxylic acids is 1. The van der Waals surface area contributed by atoms with Crippen molar-refractivity contribution in [2.45, 2.75) is 11.8 Å². The summed E-state index contributed by atoms with van der Waals surface area (Å²) in [7, 11) is -3.58. The van der Waals surface area contributed by atoms with E-state index in [9.17, 15) is 8.42 Å². The molecule has 84 valence electrons. The van der Waals surface area contributed by atoms with E-state index >= 15 is 0 Å². The van der Waals surface area contributed by atoms with Crippen LogP contribution >= 0.6 is 0 Å². The van der Waals surface area contributed by atoms with Crippen molar-refractivity contribution in [3.63, 3.8) is 0 Å². The van der Waals surface area contributed by atoms with Gasteiger partial charge in [0.1, 0.15) is 0 Å². The minimum atomic E-state index is -3.58. The van der Waals surface area contributed by atoms with Gasteiger partial charge in [0.05, 0.1) is 4.90 Å². The summed E-state index contributed by atoms with van der Waals surface area (Å²) in [4.78, 5) is 8.96. The van der Waals surface area contributed by atoms with Gasteiger partial charge in [-0.05, 0) is 31.2 Å². The SMILES string of the molecule is CC(=O)[O-].Nc1ccc(S(N)(=O)=O)cc1.[Na+]. The van der Waals surface area contributed by atoms with Crippen LogP contribution in [-0.2, 0) is 14.8 Å². The van der Waals surface area contributed by atoms with Gasteiger partial charge in [0.15, 0.2) is 0 Å². The van der Waals surface area contributed by atoms with Gasteiger partial charge in [-0.3, -0.25) is 0 Å². The molecule has 0 radical (unpaired) electrons. The Morgan fingerprint density at radius 3 is 1.81 bits per heavy atom. The van der Waals surface area contributed by atoms with Crippen molar-refractivity contribution in [1.82, 2.24) is 0 Å². The average molecular weight is 254 g/mol. The van der Waals surface area contributed by atoms with Crippen molar-refractivity contribution in [2.75, 3.05) is 5.73 Å². The number of benzene rings is 1. The number of aliphatic carboxylic acids is 1. The van der Waals surface area contributed by atoms with E-state index in [0.717, 1.165) is 6.92 Å². The molecular weight excluding hydrogens is 243 g/mol. The first-order valence-corrected chi connectivity index (χ1v) is 5.34. The molecule has 0 aliphatic carbocycles. The Bertz CT molecular complexity index is 426. The molecule has 6 nitrogen and oxygen atoms in total. The molecule has 1 aromatic carbocycles. The number of hydrogen-bond acceptors (Lipinski definition) is 5. The monoisotopic (exact) mass is 254 g/mol. The van der Waals surface area contributed by atoms with E-state index in [-0.39, 0.29) is 34.5 Å². The van der Waals surface area contributed by atoms with Crippen LogP contribution in [0.3, 0.4) is 0 Å². The molecule has 0 aliphatic rings. The smallest absolute Gasteiger partial charge is 0.550 e. The number of nitrogens with two attached hydrogens (primary N) is 2. The maximum absolute atomic E-state index is 10.7. The van der Waals surface area contributed by atoms with Crippen LogP contribution in [0.2, 0.25) is 0 Å². The van der Waals surface area contributed by atoms with E-state index in [1.165, 1.54) is 24.3 Å². The van der Waals surface area contributed by atoms with Gasteiger partial charge in [-0.25, -0.2) is 13.6 Å². The maximum atomic E-state index is 10.7. The molecule has 1 aromatic rings. The Morgan fingerprint density at radius 1 is 1.25 bits per heavy atom. The van der Waals surface area contributed by atoms with Gasteiger partial charge in [-0.2, -0.15) is 0 Å². The molecule has 0 atom stereocenters. The quantitative estimate of drug-likeness (QED) is 0.387. The summed E-state index contributed by atoms with van der Waals surface area (Å²) in [5.41, 5.74) is 5.85. The predicted octanol–water partition coefficient (Wildman–Crippen LogP) is -4.32.